The van der Waals surface area contributed by atoms with Crippen molar-refractivity contribution in [2.45, 2.75) is 45.7 Å². The lowest BCUT2D eigenvalue weighted by atomic mass is 9.96. The lowest BCUT2D eigenvalue weighted by Gasteiger charge is -2.22. The van der Waals surface area contributed by atoms with Crippen molar-refractivity contribution in [1.82, 2.24) is 25.0 Å². The largest absolute Gasteiger partial charge is 0.383 e. The third-order valence-electron chi connectivity index (χ3n) is 6.06. The molecule has 1 fully saturated rings. The van der Waals surface area contributed by atoms with Crippen LogP contribution in [0.1, 0.15) is 66.6 Å². The second-order valence-electron chi connectivity index (χ2n) is 10.6. The maximum atomic E-state index is 9.85. The molecule has 1 atom stereocenters. The van der Waals surface area contributed by atoms with E-state index in [9.17, 15) is 6.63 Å². The fraction of sp³-hybridized carbons (Fsp3) is 0.393. The van der Waals surface area contributed by atoms with Crippen molar-refractivity contribution in [1.29, 1.82) is 5.26 Å². The van der Waals surface area contributed by atoms with Crippen LogP contribution < -0.4 is 15.5 Å². The topological polar surface area (TPSA) is 108 Å². The fourth-order valence-corrected chi connectivity index (χ4v) is 4.21. The van der Waals surface area contributed by atoms with Crippen LogP contribution in [-0.2, 0) is 0 Å². The molecule has 3 heterocycles. The van der Waals surface area contributed by atoms with E-state index < -0.39 is 17.9 Å². The first kappa shape index (κ1) is 22.1. The van der Waals surface area contributed by atoms with Crippen molar-refractivity contribution in [3.05, 3.63) is 64.7 Å². The number of anilines is 3. The summed E-state index contributed by atoms with van der Waals surface area (Å²) in [5.74, 6) is 0.741. The van der Waals surface area contributed by atoms with E-state index in [1.165, 1.54) is 6.20 Å². The van der Waals surface area contributed by atoms with Gasteiger partial charge in [0.25, 0.3) is 0 Å². The van der Waals surface area contributed by atoms with Gasteiger partial charge in [0, 0.05) is 46.8 Å². The summed E-state index contributed by atoms with van der Waals surface area (Å²) in [5.41, 5.74) is 1.42. The van der Waals surface area contributed by atoms with Crippen LogP contribution in [0.25, 0.3) is 10.9 Å². The molecular weight excluding hydrogens is 498 g/mol. The third-order valence-corrected chi connectivity index (χ3v) is 6.35. The lowest BCUT2D eigenvalue weighted by Crippen LogP contribution is -2.20. The van der Waals surface area contributed by atoms with E-state index in [1.807, 2.05) is 31.1 Å². The minimum Gasteiger partial charge on any atom is -0.383 e. The average molecular weight is 533 g/mol. The van der Waals surface area contributed by atoms with Crippen molar-refractivity contribution >= 4 is 39.7 Å². The van der Waals surface area contributed by atoms with Gasteiger partial charge >= 0.3 is 0 Å². The van der Waals surface area contributed by atoms with Gasteiger partial charge in [-0.3, -0.25) is 4.98 Å². The van der Waals surface area contributed by atoms with Crippen molar-refractivity contribution in [3.63, 3.8) is 0 Å². The van der Waals surface area contributed by atoms with E-state index in [2.05, 4.69) is 37.0 Å². The summed E-state index contributed by atoms with van der Waals surface area (Å²) in [6.07, 6.45) is 6.83. The first-order valence-electron chi connectivity index (χ1n) is 13.9. The molecule has 1 saturated carbocycles. The number of benzene rings is 1. The zero-order chi connectivity index (χ0) is 29.7. The van der Waals surface area contributed by atoms with E-state index >= 15 is 0 Å². The number of hydrogen-bond donors (Lipinski definition) is 2. The summed E-state index contributed by atoms with van der Waals surface area (Å²) in [6, 6.07) is 7.81. The van der Waals surface area contributed by atoms with Crippen LogP contribution in [0.3, 0.4) is 0 Å². The van der Waals surface area contributed by atoms with Crippen LogP contribution in [-0.4, -0.2) is 45.6 Å². The highest BCUT2D eigenvalue weighted by Crippen LogP contribution is 2.37. The standard InChI is InChI=1S/C28H32ClN9/c1-28(2,3)16-33-25-18(12-30)14-32-27-21(25)10-19(11-22(27)29)34-26(17-6-9-24(31-13-17)37(4)5)23-15-38(36-35-23)20-7-8-20/h6,9-11,13-15,20,26,34H,7-8,16H2,1-5H3,(H,32,33)/t26-/m1/s1/i16D2,26D. The van der Waals surface area contributed by atoms with Gasteiger partial charge in [-0.1, -0.05) is 43.7 Å². The highest BCUT2D eigenvalue weighted by molar-refractivity contribution is 6.35. The predicted octanol–water partition coefficient (Wildman–Crippen LogP) is 5.81. The molecule has 0 bridgehead atoms. The maximum absolute atomic E-state index is 9.85. The van der Waals surface area contributed by atoms with Gasteiger partial charge in [0.2, 0.25) is 0 Å². The normalized spacial score (nSPS) is 16.6. The first-order valence-corrected chi connectivity index (χ1v) is 12.8. The van der Waals surface area contributed by atoms with Crippen LogP contribution in [0, 0.1) is 16.7 Å². The van der Waals surface area contributed by atoms with Gasteiger partial charge in [-0.05, 0) is 42.0 Å². The Kier molecular flexibility index (Phi) is 5.88. The quantitative estimate of drug-likeness (QED) is 0.293. The summed E-state index contributed by atoms with van der Waals surface area (Å²) in [4.78, 5) is 10.8. The van der Waals surface area contributed by atoms with E-state index in [4.69, 9.17) is 14.3 Å². The molecule has 1 aliphatic carbocycles. The fourth-order valence-electron chi connectivity index (χ4n) is 3.94. The molecule has 4 aromatic rings. The zero-order valence-electron chi connectivity index (χ0n) is 25.0. The molecule has 9 nitrogen and oxygen atoms in total. The number of aromatic nitrogens is 5. The van der Waals surface area contributed by atoms with Crippen LogP contribution in [0.2, 0.25) is 5.02 Å². The van der Waals surface area contributed by atoms with E-state index in [1.54, 1.807) is 50.0 Å². The molecular formula is C28H32ClN9. The highest BCUT2D eigenvalue weighted by atomic mass is 35.5. The summed E-state index contributed by atoms with van der Waals surface area (Å²) >= 11 is 6.70. The number of hydrogen-bond acceptors (Lipinski definition) is 8. The number of nitrogens with zero attached hydrogens (tertiary/aromatic N) is 7. The molecule has 2 N–H and O–H groups in total. The molecule has 0 saturated heterocycles. The average Bonchev–Trinajstić information content (AvgIpc) is 3.64. The summed E-state index contributed by atoms with van der Waals surface area (Å²) in [6.45, 7) is 3.44. The molecule has 10 heteroatoms. The Labute approximate surface area is 232 Å². The van der Waals surface area contributed by atoms with Gasteiger partial charge in [0.05, 0.1) is 41.4 Å². The molecule has 1 aliphatic rings. The molecule has 0 spiro atoms. The van der Waals surface area contributed by atoms with Gasteiger partial charge in [-0.25, -0.2) is 9.67 Å². The van der Waals surface area contributed by atoms with Crippen molar-refractivity contribution in [2.24, 2.45) is 5.41 Å². The van der Waals surface area contributed by atoms with E-state index in [-0.39, 0.29) is 22.3 Å². The number of nitriles is 1. The molecule has 1 aromatic carbocycles. The molecule has 0 unspecified atom stereocenters. The van der Waals surface area contributed by atoms with Gasteiger partial charge in [0.15, 0.2) is 0 Å². The monoisotopic (exact) mass is 532 g/mol. The van der Waals surface area contributed by atoms with Crippen LogP contribution in [0.15, 0.2) is 42.9 Å². The molecule has 3 aromatic heterocycles. The molecule has 196 valence electrons. The minimum absolute atomic E-state index is 0.173. The number of rotatable bonds is 8. The van der Waals surface area contributed by atoms with Crippen LogP contribution >= 0.6 is 11.6 Å². The second-order valence-corrected chi connectivity index (χ2v) is 11.0. The van der Waals surface area contributed by atoms with Crippen molar-refractivity contribution in [3.8, 4) is 6.07 Å². The predicted molar refractivity (Wildman–Crippen MR) is 152 cm³/mol. The van der Waals surface area contributed by atoms with Crippen molar-refractivity contribution < 1.29 is 4.11 Å². The molecule has 0 aliphatic heterocycles. The van der Waals surface area contributed by atoms with Crippen LogP contribution in [0.5, 0.6) is 0 Å². The Morgan fingerprint density at radius 2 is 2.05 bits per heavy atom. The Morgan fingerprint density at radius 3 is 2.68 bits per heavy atom. The van der Waals surface area contributed by atoms with E-state index in [0.29, 0.717) is 27.8 Å². The Bertz CT molecular complexity index is 1640. The summed E-state index contributed by atoms with van der Waals surface area (Å²) < 4.78 is 28.7. The smallest absolute Gasteiger partial charge is 0.127 e. The second kappa shape index (κ2) is 10.1. The number of pyridine rings is 2. The SMILES string of the molecule is [2H]C([2H])(Nc1c(C#N)cnc2c(Cl)cc(N[C@]([2H])(c3ccc(N(C)C)nc3)c3cn(C4CC4)nn3)cc12)C(C)(C)C. The zero-order valence-corrected chi connectivity index (χ0v) is 22.8. The highest BCUT2D eigenvalue weighted by Gasteiger charge is 2.27. The lowest BCUT2D eigenvalue weighted by molar-refractivity contribution is 0.443. The molecule has 0 radical (unpaired) electrons. The third kappa shape index (κ3) is 5.50. The number of fused-ring (bicyclic) bond motifs is 1. The van der Waals surface area contributed by atoms with Crippen molar-refractivity contribution in [2.75, 3.05) is 36.1 Å². The molecule has 5 rings (SSSR count). The number of halogens is 1. The Balaban J connectivity index is 1.64. The Hall–Kier alpha value is -3.90. The molecule has 38 heavy (non-hydrogen) atoms. The van der Waals surface area contributed by atoms with Crippen LogP contribution in [0.4, 0.5) is 17.2 Å². The summed E-state index contributed by atoms with van der Waals surface area (Å²) in [7, 11) is 3.79. The number of nitrogens with one attached hydrogen (secondary N) is 2. The maximum Gasteiger partial charge on any atom is 0.127 e. The van der Waals surface area contributed by atoms with Gasteiger partial charge in [-0.2, -0.15) is 5.26 Å². The Morgan fingerprint density at radius 1 is 1.26 bits per heavy atom. The van der Waals surface area contributed by atoms with Gasteiger partial charge in [-0.15, -0.1) is 5.10 Å². The molecule has 0 amide bonds. The van der Waals surface area contributed by atoms with Gasteiger partial charge < -0.3 is 15.5 Å². The minimum atomic E-state index is -1.87. The van der Waals surface area contributed by atoms with Gasteiger partial charge in [0.1, 0.15) is 17.6 Å². The summed E-state index contributed by atoms with van der Waals surface area (Å²) in [5, 5.41) is 25.4. The van der Waals surface area contributed by atoms with E-state index in [0.717, 1.165) is 18.7 Å². The first-order chi connectivity index (χ1) is 19.2.